The molecule has 0 saturated carbocycles. The van der Waals surface area contributed by atoms with Gasteiger partial charge in [0.1, 0.15) is 5.82 Å². The van der Waals surface area contributed by atoms with Crippen molar-refractivity contribution < 1.29 is 9.59 Å². The Bertz CT molecular complexity index is 502. The Morgan fingerprint density at radius 3 is 2.85 bits per heavy atom. The second-order valence-corrected chi connectivity index (χ2v) is 6.00. The SMILES string of the molecule is CNC(=O)NC(=O)[C@@H](C)Sc1nnc2n1CCCCC2. The number of imide groups is 1. The van der Waals surface area contributed by atoms with Gasteiger partial charge in [-0.1, -0.05) is 18.2 Å². The first-order chi connectivity index (χ1) is 9.61. The number of carbonyl (C=O) groups excluding carboxylic acids is 2. The number of rotatable bonds is 3. The monoisotopic (exact) mass is 297 g/mol. The van der Waals surface area contributed by atoms with Crippen LogP contribution in [0.25, 0.3) is 0 Å². The number of amides is 3. The molecule has 0 bridgehead atoms. The third-order valence-corrected chi connectivity index (χ3v) is 4.27. The highest BCUT2D eigenvalue weighted by Gasteiger charge is 2.21. The molecule has 3 amide bonds. The number of nitrogens with one attached hydrogen (secondary N) is 2. The van der Waals surface area contributed by atoms with Gasteiger partial charge in [0.15, 0.2) is 5.16 Å². The Hall–Kier alpha value is -1.57. The normalized spacial score (nSPS) is 15.9. The van der Waals surface area contributed by atoms with Crippen molar-refractivity contribution in [1.82, 2.24) is 25.4 Å². The minimum absolute atomic E-state index is 0.333. The molecule has 0 unspecified atom stereocenters. The van der Waals surface area contributed by atoms with Gasteiger partial charge in [0.2, 0.25) is 5.91 Å². The van der Waals surface area contributed by atoms with Crippen molar-refractivity contribution in [3.8, 4) is 0 Å². The summed E-state index contributed by atoms with van der Waals surface area (Å²) in [7, 11) is 1.47. The van der Waals surface area contributed by atoms with Crippen LogP contribution in [0.4, 0.5) is 4.79 Å². The van der Waals surface area contributed by atoms with Crippen molar-refractivity contribution in [3.63, 3.8) is 0 Å². The van der Waals surface area contributed by atoms with Gasteiger partial charge in [-0.3, -0.25) is 10.1 Å². The third kappa shape index (κ3) is 3.50. The average Bonchev–Trinajstić information content (AvgIpc) is 2.67. The smallest absolute Gasteiger partial charge is 0.321 e. The van der Waals surface area contributed by atoms with E-state index in [9.17, 15) is 9.59 Å². The van der Waals surface area contributed by atoms with E-state index in [1.807, 2.05) is 0 Å². The topological polar surface area (TPSA) is 88.9 Å². The van der Waals surface area contributed by atoms with E-state index in [0.717, 1.165) is 36.8 Å². The Kier molecular flexibility index (Phi) is 4.99. The maximum Gasteiger partial charge on any atom is 0.321 e. The number of hydrogen-bond donors (Lipinski definition) is 2. The molecule has 20 heavy (non-hydrogen) atoms. The zero-order valence-electron chi connectivity index (χ0n) is 11.7. The average molecular weight is 297 g/mol. The summed E-state index contributed by atoms with van der Waals surface area (Å²) in [5.74, 6) is 0.657. The van der Waals surface area contributed by atoms with Crippen LogP contribution in [-0.2, 0) is 17.8 Å². The summed E-state index contributed by atoms with van der Waals surface area (Å²) in [6.07, 6.45) is 4.37. The lowest BCUT2D eigenvalue weighted by Crippen LogP contribution is -2.41. The maximum absolute atomic E-state index is 11.8. The molecule has 0 radical (unpaired) electrons. The van der Waals surface area contributed by atoms with Gasteiger partial charge in [0.25, 0.3) is 0 Å². The Labute approximate surface area is 121 Å². The quantitative estimate of drug-likeness (QED) is 0.811. The van der Waals surface area contributed by atoms with Crippen LogP contribution in [0.5, 0.6) is 0 Å². The first kappa shape index (κ1) is 14.8. The molecule has 2 N–H and O–H groups in total. The Balaban J connectivity index is 2.01. The summed E-state index contributed by atoms with van der Waals surface area (Å²) in [5.41, 5.74) is 0. The number of carbonyl (C=O) groups is 2. The summed E-state index contributed by atoms with van der Waals surface area (Å²) in [6, 6.07) is -0.498. The molecule has 0 aliphatic carbocycles. The fraction of sp³-hybridized carbons (Fsp3) is 0.667. The second-order valence-electron chi connectivity index (χ2n) is 4.69. The molecule has 0 spiro atoms. The van der Waals surface area contributed by atoms with Gasteiger partial charge in [0.05, 0.1) is 5.25 Å². The van der Waals surface area contributed by atoms with E-state index >= 15 is 0 Å². The highest BCUT2D eigenvalue weighted by Crippen LogP contribution is 2.25. The third-order valence-electron chi connectivity index (χ3n) is 3.19. The fourth-order valence-corrected chi connectivity index (χ4v) is 2.93. The van der Waals surface area contributed by atoms with Gasteiger partial charge < -0.3 is 9.88 Å². The maximum atomic E-state index is 11.8. The first-order valence-electron chi connectivity index (χ1n) is 6.73. The van der Waals surface area contributed by atoms with Crippen molar-refractivity contribution in [1.29, 1.82) is 0 Å². The molecule has 1 aliphatic rings. The molecule has 2 rings (SSSR count). The molecule has 8 heteroatoms. The highest BCUT2D eigenvalue weighted by atomic mass is 32.2. The van der Waals surface area contributed by atoms with Gasteiger partial charge in [-0.05, 0) is 19.8 Å². The van der Waals surface area contributed by atoms with E-state index in [0.29, 0.717) is 0 Å². The molecule has 0 aromatic carbocycles. The van der Waals surface area contributed by atoms with Crippen molar-refractivity contribution in [2.45, 2.75) is 49.6 Å². The second kappa shape index (κ2) is 6.74. The summed E-state index contributed by atoms with van der Waals surface area (Å²) in [4.78, 5) is 22.9. The van der Waals surface area contributed by atoms with Crippen molar-refractivity contribution in [2.24, 2.45) is 0 Å². The largest absolute Gasteiger partial charge is 0.341 e. The molecule has 7 nitrogen and oxygen atoms in total. The number of aryl methyl sites for hydroxylation is 1. The van der Waals surface area contributed by atoms with Crippen LogP contribution in [0.3, 0.4) is 0 Å². The minimum atomic E-state index is -0.498. The molecule has 2 heterocycles. The predicted octanol–water partition coefficient (Wildman–Crippen LogP) is 0.941. The van der Waals surface area contributed by atoms with Gasteiger partial charge in [0, 0.05) is 20.0 Å². The van der Waals surface area contributed by atoms with Crippen LogP contribution < -0.4 is 10.6 Å². The lowest BCUT2D eigenvalue weighted by molar-refractivity contribution is -0.119. The van der Waals surface area contributed by atoms with Crippen molar-refractivity contribution in [3.05, 3.63) is 5.82 Å². The van der Waals surface area contributed by atoms with Crippen LogP contribution in [0.15, 0.2) is 5.16 Å². The number of fused-ring (bicyclic) bond motifs is 1. The summed E-state index contributed by atoms with van der Waals surface area (Å²) in [5, 5.41) is 13.3. The zero-order chi connectivity index (χ0) is 14.5. The van der Waals surface area contributed by atoms with Gasteiger partial charge in [-0.2, -0.15) is 0 Å². The molecule has 0 saturated heterocycles. The van der Waals surface area contributed by atoms with Crippen LogP contribution in [0, 0.1) is 0 Å². The van der Waals surface area contributed by atoms with E-state index < -0.39 is 11.3 Å². The molecule has 1 aromatic heterocycles. The van der Waals surface area contributed by atoms with E-state index in [-0.39, 0.29) is 5.91 Å². The van der Waals surface area contributed by atoms with Crippen LogP contribution >= 0.6 is 11.8 Å². The van der Waals surface area contributed by atoms with Crippen LogP contribution in [0.2, 0.25) is 0 Å². The number of hydrogen-bond acceptors (Lipinski definition) is 5. The lowest BCUT2D eigenvalue weighted by atomic mass is 10.2. The number of thioether (sulfide) groups is 1. The molecule has 1 aromatic rings. The van der Waals surface area contributed by atoms with Crippen molar-refractivity contribution >= 4 is 23.7 Å². The summed E-state index contributed by atoms with van der Waals surface area (Å²) >= 11 is 1.33. The standard InChI is InChI=1S/C12H19N5O2S/c1-8(10(18)14-11(19)13-2)20-12-16-15-9-6-4-3-5-7-17(9)12/h8H,3-7H2,1-2H3,(H2,13,14,18,19)/t8-/m1/s1. The summed E-state index contributed by atoms with van der Waals surface area (Å²) in [6.45, 7) is 2.65. The molecule has 110 valence electrons. The zero-order valence-corrected chi connectivity index (χ0v) is 12.5. The predicted molar refractivity (Wildman–Crippen MR) is 75.5 cm³/mol. The van der Waals surface area contributed by atoms with E-state index in [4.69, 9.17) is 0 Å². The first-order valence-corrected chi connectivity index (χ1v) is 7.61. The van der Waals surface area contributed by atoms with Gasteiger partial charge in [-0.15, -0.1) is 10.2 Å². The fourth-order valence-electron chi connectivity index (χ4n) is 2.03. The molecule has 1 atom stereocenters. The Morgan fingerprint density at radius 1 is 1.30 bits per heavy atom. The summed E-state index contributed by atoms with van der Waals surface area (Å²) < 4.78 is 2.08. The minimum Gasteiger partial charge on any atom is -0.341 e. The number of aromatic nitrogens is 3. The van der Waals surface area contributed by atoms with E-state index in [2.05, 4.69) is 25.4 Å². The molecular formula is C12H19N5O2S. The lowest BCUT2D eigenvalue weighted by Gasteiger charge is -2.11. The van der Waals surface area contributed by atoms with Crippen LogP contribution in [0.1, 0.15) is 32.0 Å². The van der Waals surface area contributed by atoms with E-state index in [1.54, 1.807) is 6.92 Å². The van der Waals surface area contributed by atoms with Crippen LogP contribution in [-0.4, -0.2) is 39.0 Å². The van der Waals surface area contributed by atoms with Gasteiger partial charge in [-0.25, -0.2) is 4.79 Å². The number of urea groups is 1. The van der Waals surface area contributed by atoms with E-state index in [1.165, 1.54) is 25.2 Å². The molecule has 1 aliphatic heterocycles. The molecular weight excluding hydrogens is 278 g/mol. The number of nitrogens with zero attached hydrogens (tertiary/aromatic N) is 3. The highest BCUT2D eigenvalue weighted by molar-refractivity contribution is 8.00. The molecule has 0 fully saturated rings. The van der Waals surface area contributed by atoms with Crippen molar-refractivity contribution in [2.75, 3.05) is 7.05 Å². The van der Waals surface area contributed by atoms with Gasteiger partial charge >= 0.3 is 6.03 Å². The Morgan fingerprint density at radius 2 is 2.10 bits per heavy atom.